The normalized spacial score (nSPS) is 14.1. The Labute approximate surface area is 81.2 Å². The first kappa shape index (κ1) is 13.3. The van der Waals surface area contributed by atoms with Crippen LogP contribution in [0.5, 0.6) is 0 Å². The number of alkyl halides is 2. The Bertz CT molecular complexity index is 286. The molecule has 0 radical (unpaired) electrons. The fraction of sp³-hybridized carbons (Fsp3) is 0.857. The van der Waals surface area contributed by atoms with Crippen molar-refractivity contribution in [3.63, 3.8) is 0 Å². The highest BCUT2D eigenvalue weighted by Gasteiger charge is 2.25. The van der Waals surface area contributed by atoms with Crippen molar-refractivity contribution in [2.75, 3.05) is 18.6 Å². The Morgan fingerprint density at radius 3 is 2.21 bits per heavy atom. The number of halogens is 2. The molecule has 0 aromatic heterocycles. The highest BCUT2D eigenvalue weighted by atomic mass is 32.2. The number of hydrogen-bond acceptors (Lipinski definition) is 4. The minimum Gasteiger partial charge on any atom is -0.469 e. The van der Waals surface area contributed by atoms with E-state index in [9.17, 15) is 22.0 Å². The zero-order valence-electron chi connectivity index (χ0n) is 7.87. The van der Waals surface area contributed by atoms with Crippen molar-refractivity contribution in [3.8, 4) is 0 Å². The first-order chi connectivity index (χ1) is 6.28. The van der Waals surface area contributed by atoms with Crippen LogP contribution in [0.4, 0.5) is 8.78 Å². The molecule has 0 rings (SSSR count). The molecule has 0 saturated heterocycles. The van der Waals surface area contributed by atoms with E-state index in [1.54, 1.807) is 0 Å². The van der Waals surface area contributed by atoms with Crippen LogP contribution in [0.15, 0.2) is 0 Å². The molecule has 0 heterocycles. The van der Waals surface area contributed by atoms with Gasteiger partial charge in [-0.3, -0.25) is 4.79 Å². The van der Waals surface area contributed by atoms with E-state index in [1.165, 1.54) is 6.92 Å². The molecule has 4 nitrogen and oxygen atoms in total. The second-order valence-corrected chi connectivity index (χ2v) is 5.05. The second kappa shape index (κ2) is 5.23. The first-order valence-electron chi connectivity index (χ1n) is 3.85. The summed E-state index contributed by atoms with van der Waals surface area (Å²) in [6.45, 7) is 1.31. The zero-order chi connectivity index (χ0) is 11.4. The van der Waals surface area contributed by atoms with Crippen LogP contribution < -0.4 is 0 Å². The minimum absolute atomic E-state index is 0.607. The smallest absolute Gasteiger partial charge is 0.309 e. The number of sulfone groups is 1. The van der Waals surface area contributed by atoms with Crippen LogP contribution in [-0.2, 0) is 19.4 Å². The highest BCUT2D eigenvalue weighted by molar-refractivity contribution is 7.91. The van der Waals surface area contributed by atoms with E-state index in [0.717, 1.165) is 7.11 Å². The number of ether oxygens (including phenoxy) is 1. The van der Waals surface area contributed by atoms with E-state index in [4.69, 9.17) is 0 Å². The predicted molar refractivity (Wildman–Crippen MR) is 45.8 cm³/mol. The zero-order valence-corrected chi connectivity index (χ0v) is 8.68. The van der Waals surface area contributed by atoms with E-state index in [0.29, 0.717) is 0 Å². The monoisotopic (exact) mass is 230 g/mol. The third-order valence-corrected chi connectivity index (χ3v) is 3.26. The number of hydrogen-bond donors (Lipinski definition) is 0. The van der Waals surface area contributed by atoms with Crippen LogP contribution in [0.3, 0.4) is 0 Å². The average molecular weight is 230 g/mol. The molecule has 0 spiro atoms. The Morgan fingerprint density at radius 1 is 1.36 bits per heavy atom. The molecule has 84 valence electrons. The molecule has 0 amide bonds. The van der Waals surface area contributed by atoms with Crippen molar-refractivity contribution in [1.29, 1.82) is 0 Å². The fourth-order valence-corrected chi connectivity index (χ4v) is 2.33. The van der Waals surface area contributed by atoms with Gasteiger partial charge in [-0.25, -0.2) is 17.2 Å². The summed E-state index contributed by atoms with van der Waals surface area (Å²) < 4.78 is 49.8. The molecule has 1 atom stereocenters. The van der Waals surface area contributed by atoms with Gasteiger partial charge in [-0.2, -0.15) is 0 Å². The van der Waals surface area contributed by atoms with Gasteiger partial charge in [0.1, 0.15) is 5.75 Å². The Balaban J connectivity index is 4.30. The van der Waals surface area contributed by atoms with Gasteiger partial charge in [0, 0.05) is 0 Å². The number of rotatable bonds is 5. The van der Waals surface area contributed by atoms with Gasteiger partial charge in [0.15, 0.2) is 9.84 Å². The van der Waals surface area contributed by atoms with Gasteiger partial charge in [0.25, 0.3) is 6.43 Å². The van der Waals surface area contributed by atoms with Gasteiger partial charge in [0.05, 0.1) is 18.8 Å². The van der Waals surface area contributed by atoms with Gasteiger partial charge in [-0.1, -0.05) is 6.92 Å². The maximum atomic E-state index is 11.8. The second-order valence-electron chi connectivity index (χ2n) is 2.89. The lowest BCUT2D eigenvalue weighted by molar-refractivity contribution is -0.144. The largest absolute Gasteiger partial charge is 0.469 e. The van der Waals surface area contributed by atoms with Crippen molar-refractivity contribution in [2.24, 2.45) is 5.92 Å². The van der Waals surface area contributed by atoms with E-state index >= 15 is 0 Å². The number of carbonyl (C=O) groups is 1. The molecule has 7 heteroatoms. The van der Waals surface area contributed by atoms with Crippen LogP contribution in [0.25, 0.3) is 0 Å². The lowest BCUT2D eigenvalue weighted by Gasteiger charge is -2.09. The summed E-state index contributed by atoms with van der Waals surface area (Å²) in [7, 11) is -2.78. The molecule has 0 fully saturated rings. The summed E-state index contributed by atoms with van der Waals surface area (Å²) in [5, 5.41) is 0. The van der Waals surface area contributed by atoms with Crippen LogP contribution in [-0.4, -0.2) is 39.4 Å². The van der Waals surface area contributed by atoms with Gasteiger partial charge < -0.3 is 4.74 Å². The molecule has 0 saturated carbocycles. The number of esters is 1. The molecular weight excluding hydrogens is 218 g/mol. The number of carbonyl (C=O) groups excluding carboxylic acids is 1. The van der Waals surface area contributed by atoms with Crippen LogP contribution in [0.1, 0.15) is 6.92 Å². The molecule has 1 unspecified atom stereocenters. The number of methoxy groups -OCH3 is 1. The minimum atomic E-state index is -3.89. The van der Waals surface area contributed by atoms with Crippen LogP contribution >= 0.6 is 0 Å². The quantitative estimate of drug-likeness (QED) is 0.644. The summed E-state index contributed by atoms with van der Waals surface area (Å²) in [5.41, 5.74) is 0. The van der Waals surface area contributed by atoms with Crippen molar-refractivity contribution in [3.05, 3.63) is 0 Å². The predicted octanol–water partition coefficient (Wildman–Crippen LogP) is 0.475. The van der Waals surface area contributed by atoms with E-state index in [-0.39, 0.29) is 0 Å². The van der Waals surface area contributed by atoms with E-state index in [1.807, 2.05) is 0 Å². The average Bonchev–Trinajstić information content (AvgIpc) is 1.99. The van der Waals surface area contributed by atoms with Crippen LogP contribution in [0, 0.1) is 5.92 Å². The fourth-order valence-electron chi connectivity index (χ4n) is 0.910. The molecule has 0 N–H and O–H groups in total. The van der Waals surface area contributed by atoms with Gasteiger partial charge >= 0.3 is 5.97 Å². The summed E-state index contributed by atoms with van der Waals surface area (Å²) in [6, 6.07) is 0. The molecular formula is C7H12F2O4S. The molecule has 0 bridgehead atoms. The van der Waals surface area contributed by atoms with Gasteiger partial charge in [0.2, 0.25) is 0 Å². The Kier molecular flexibility index (Phi) is 4.96. The maximum Gasteiger partial charge on any atom is 0.309 e. The lowest BCUT2D eigenvalue weighted by atomic mass is 10.2. The summed E-state index contributed by atoms with van der Waals surface area (Å²) in [4.78, 5) is 10.8. The van der Waals surface area contributed by atoms with Crippen molar-refractivity contribution in [1.82, 2.24) is 0 Å². The topological polar surface area (TPSA) is 60.4 Å². The molecule has 14 heavy (non-hydrogen) atoms. The molecule has 0 aromatic carbocycles. The Hall–Kier alpha value is -0.720. The molecule has 0 aliphatic carbocycles. The molecule has 0 aliphatic rings. The maximum absolute atomic E-state index is 11.8. The van der Waals surface area contributed by atoms with Crippen molar-refractivity contribution < 1.29 is 26.7 Å². The molecule has 0 aromatic rings. The highest BCUT2D eigenvalue weighted by Crippen LogP contribution is 2.07. The van der Waals surface area contributed by atoms with Crippen molar-refractivity contribution >= 4 is 15.8 Å². The lowest BCUT2D eigenvalue weighted by Crippen LogP contribution is -2.26. The Morgan fingerprint density at radius 2 is 1.86 bits per heavy atom. The first-order valence-corrected chi connectivity index (χ1v) is 5.67. The molecule has 0 aliphatic heterocycles. The summed E-state index contributed by atoms with van der Waals surface area (Å²) >= 11 is 0. The van der Waals surface area contributed by atoms with Crippen LogP contribution in [0.2, 0.25) is 0 Å². The third kappa shape index (κ3) is 5.11. The van der Waals surface area contributed by atoms with Gasteiger partial charge in [-0.05, 0) is 0 Å². The standard InChI is InChI=1S/C7H12F2O4S/c1-5(7(10)13-2)3-14(11,12)4-6(8)9/h5-6H,3-4H2,1-2H3. The summed E-state index contributed by atoms with van der Waals surface area (Å²) in [5.74, 6) is -3.45. The van der Waals surface area contributed by atoms with E-state index < -0.39 is 39.7 Å². The van der Waals surface area contributed by atoms with Gasteiger partial charge in [-0.15, -0.1) is 0 Å². The van der Waals surface area contributed by atoms with Crippen molar-refractivity contribution in [2.45, 2.75) is 13.3 Å². The van der Waals surface area contributed by atoms with E-state index in [2.05, 4.69) is 4.74 Å². The summed E-state index contributed by atoms with van der Waals surface area (Å²) in [6.07, 6.45) is -2.91. The third-order valence-electron chi connectivity index (χ3n) is 1.49. The SMILES string of the molecule is COC(=O)C(C)CS(=O)(=O)CC(F)F.